The summed E-state index contributed by atoms with van der Waals surface area (Å²) >= 11 is 0. The number of hydrogen-bond donors (Lipinski definition) is 4. The van der Waals surface area contributed by atoms with Crippen molar-refractivity contribution in [2.24, 2.45) is 0 Å². The van der Waals surface area contributed by atoms with E-state index in [1.54, 1.807) is 33.7 Å². The summed E-state index contributed by atoms with van der Waals surface area (Å²) in [4.78, 5) is 48.2. The van der Waals surface area contributed by atoms with Crippen molar-refractivity contribution in [1.29, 1.82) is 0 Å². The Morgan fingerprint density at radius 2 is 1.70 bits per heavy atom. The Balaban J connectivity index is 1.17. The van der Waals surface area contributed by atoms with Crippen LogP contribution in [0.25, 0.3) is 11.0 Å². The van der Waals surface area contributed by atoms with Crippen molar-refractivity contribution in [3.63, 3.8) is 0 Å². The lowest BCUT2D eigenvalue weighted by Gasteiger charge is -2.33. The van der Waals surface area contributed by atoms with E-state index in [4.69, 9.17) is 0 Å². The zero-order chi connectivity index (χ0) is 28.1. The Morgan fingerprint density at radius 1 is 1.00 bits per heavy atom. The number of carbonyl (C=O) groups excluding carboxylic acids is 2. The number of phenols is 1. The second-order valence-electron chi connectivity index (χ2n) is 10.9. The molecule has 5 rings (SSSR count). The Hall–Kier alpha value is -3.67. The molecule has 3 amide bonds. The first-order chi connectivity index (χ1) is 19.4. The van der Waals surface area contributed by atoms with Gasteiger partial charge < -0.3 is 25.2 Å². The van der Waals surface area contributed by atoms with Crippen LogP contribution in [0.15, 0.2) is 53.3 Å². The summed E-state index contributed by atoms with van der Waals surface area (Å²) in [6, 6.07) is 13.4. The second-order valence-corrected chi connectivity index (χ2v) is 10.9. The molecule has 4 N–H and O–H groups in total. The maximum Gasteiger partial charge on any atom is 0.326 e. The molecule has 1 atom stereocenters. The molecule has 2 aliphatic heterocycles. The number of carbonyl (C=O) groups is 2. The van der Waals surface area contributed by atoms with Crippen LogP contribution in [0.3, 0.4) is 0 Å². The van der Waals surface area contributed by atoms with E-state index in [0.717, 1.165) is 49.3 Å². The van der Waals surface area contributed by atoms with E-state index in [-0.39, 0.29) is 23.4 Å². The van der Waals surface area contributed by atoms with Crippen molar-refractivity contribution < 1.29 is 14.7 Å². The van der Waals surface area contributed by atoms with Gasteiger partial charge in [0, 0.05) is 58.4 Å². The molecule has 2 aromatic carbocycles. The average molecular weight is 550 g/mol. The number of hydrogen-bond acceptors (Lipinski definition) is 7. The van der Waals surface area contributed by atoms with Crippen molar-refractivity contribution in [2.75, 3.05) is 59.4 Å². The van der Waals surface area contributed by atoms with Crippen LogP contribution in [-0.2, 0) is 11.2 Å². The highest BCUT2D eigenvalue weighted by atomic mass is 16.3. The molecule has 0 radical (unpaired) electrons. The van der Waals surface area contributed by atoms with Gasteiger partial charge in [-0.25, -0.2) is 9.59 Å². The maximum absolute atomic E-state index is 13.3. The number of aromatic amines is 1. The number of rotatable bonds is 8. The van der Waals surface area contributed by atoms with Crippen LogP contribution in [0.1, 0.15) is 24.4 Å². The van der Waals surface area contributed by atoms with Gasteiger partial charge in [0.1, 0.15) is 5.75 Å². The number of nitrogens with zero attached hydrogens (tertiary/aromatic N) is 4. The van der Waals surface area contributed by atoms with E-state index < -0.39 is 12.1 Å². The summed E-state index contributed by atoms with van der Waals surface area (Å²) in [5, 5.41) is 15.6. The predicted molar refractivity (Wildman–Crippen MR) is 153 cm³/mol. The number of nitrogens with one attached hydrogen (secondary N) is 3. The zero-order valence-electron chi connectivity index (χ0n) is 23.0. The van der Waals surface area contributed by atoms with Gasteiger partial charge in [0.2, 0.25) is 5.91 Å². The van der Waals surface area contributed by atoms with Gasteiger partial charge in [-0.3, -0.25) is 19.6 Å². The van der Waals surface area contributed by atoms with Crippen LogP contribution >= 0.6 is 0 Å². The fraction of sp³-hybridized carbons (Fsp3) is 0.483. The standard InChI is InChI=1S/C29H39N7O4/c1-33-16-18-34(19-17-33)15-12-30-25(20-21-6-8-23(37)9-7-21)27(38)32-28(39)35-13-10-22(11-14-35)36-26-5-3-2-4-24(26)31-29(36)40/h2-9,22,25,30,37H,10-20H2,1H3,(H,31,40)(H,32,38,39)/t25-/m1/s1. The first-order valence-corrected chi connectivity index (χ1v) is 14.1. The Morgan fingerprint density at radius 3 is 2.42 bits per heavy atom. The molecule has 214 valence electrons. The quantitative estimate of drug-likeness (QED) is 0.334. The number of amides is 3. The molecule has 40 heavy (non-hydrogen) atoms. The first kappa shape index (κ1) is 27.9. The number of phenolic OH excluding ortho intramolecular Hbond substituents is 1. The van der Waals surface area contributed by atoms with Gasteiger partial charge >= 0.3 is 11.7 Å². The Kier molecular flexibility index (Phi) is 8.83. The fourth-order valence-corrected chi connectivity index (χ4v) is 5.63. The fourth-order valence-electron chi connectivity index (χ4n) is 5.63. The van der Waals surface area contributed by atoms with Crippen LogP contribution < -0.4 is 16.3 Å². The topological polar surface area (TPSA) is 126 Å². The van der Waals surface area contributed by atoms with Crippen molar-refractivity contribution in [1.82, 2.24) is 34.9 Å². The maximum atomic E-state index is 13.3. The third-order valence-electron chi connectivity index (χ3n) is 8.08. The summed E-state index contributed by atoms with van der Waals surface area (Å²) < 4.78 is 1.79. The van der Waals surface area contributed by atoms with E-state index in [2.05, 4.69) is 32.5 Å². The number of likely N-dealkylation sites (N-methyl/N-ethyl adjacent to an activating group) is 1. The SMILES string of the molecule is CN1CCN(CCN[C@H](Cc2ccc(O)cc2)C(=O)NC(=O)N2CCC(n3c(=O)[nH]c4ccccc43)CC2)CC1. The molecule has 0 bridgehead atoms. The number of aromatic nitrogens is 2. The summed E-state index contributed by atoms with van der Waals surface area (Å²) in [6.45, 7) is 6.39. The van der Waals surface area contributed by atoms with Crippen LogP contribution in [-0.4, -0.2) is 107 Å². The number of piperidine rings is 1. The largest absolute Gasteiger partial charge is 0.508 e. The van der Waals surface area contributed by atoms with Crippen molar-refractivity contribution >= 4 is 23.0 Å². The highest BCUT2D eigenvalue weighted by Gasteiger charge is 2.29. The lowest BCUT2D eigenvalue weighted by atomic mass is 10.0. The zero-order valence-corrected chi connectivity index (χ0v) is 23.0. The number of fused-ring (bicyclic) bond motifs is 1. The molecule has 11 heteroatoms. The van der Waals surface area contributed by atoms with E-state index in [1.165, 1.54) is 0 Å². The molecule has 2 fully saturated rings. The van der Waals surface area contributed by atoms with Crippen LogP contribution in [0.5, 0.6) is 5.75 Å². The van der Waals surface area contributed by atoms with Crippen molar-refractivity contribution in [3.05, 3.63) is 64.6 Å². The molecule has 0 aliphatic carbocycles. The molecule has 3 aromatic rings. The van der Waals surface area contributed by atoms with Crippen molar-refractivity contribution in [3.8, 4) is 5.75 Å². The highest BCUT2D eigenvalue weighted by Crippen LogP contribution is 2.24. The molecule has 0 spiro atoms. The predicted octanol–water partition coefficient (Wildman–Crippen LogP) is 1.36. The third kappa shape index (κ3) is 6.72. The molecule has 1 aromatic heterocycles. The van der Waals surface area contributed by atoms with Crippen LogP contribution in [0.4, 0.5) is 4.79 Å². The Labute approximate surface area is 233 Å². The normalized spacial score (nSPS) is 18.2. The van der Waals surface area contributed by atoms with Gasteiger partial charge in [-0.05, 0) is 56.1 Å². The summed E-state index contributed by atoms with van der Waals surface area (Å²) in [5.74, 6) is -0.201. The number of urea groups is 1. The monoisotopic (exact) mass is 549 g/mol. The van der Waals surface area contributed by atoms with Crippen LogP contribution in [0, 0.1) is 0 Å². The molecule has 3 heterocycles. The number of imide groups is 1. The number of piperazine rings is 1. The first-order valence-electron chi connectivity index (χ1n) is 14.1. The number of imidazole rings is 1. The van der Waals surface area contributed by atoms with Gasteiger partial charge in [-0.2, -0.15) is 0 Å². The third-order valence-corrected chi connectivity index (χ3v) is 8.08. The van der Waals surface area contributed by atoms with Crippen LogP contribution in [0.2, 0.25) is 0 Å². The molecule has 2 saturated heterocycles. The second kappa shape index (κ2) is 12.7. The van der Waals surface area contributed by atoms with Gasteiger partial charge in [0.05, 0.1) is 17.1 Å². The number of aromatic hydroxyl groups is 1. The van der Waals surface area contributed by atoms with Gasteiger partial charge in [-0.15, -0.1) is 0 Å². The molecule has 2 aliphatic rings. The number of H-pyrrole nitrogens is 1. The van der Waals surface area contributed by atoms with Gasteiger partial charge in [0.15, 0.2) is 0 Å². The number of likely N-dealkylation sites (tertiary alicyclic amines) is 1. The van der Waals surface area contributed by atoms with E-state index in [1.807, 2.05) is 24.3 Å². The summed E-state index contributed by atoms with van der Waals surface area (Å²) in [7, 11) is 2.12. The molecule has 0 saturated carbocycles. The minimum absolute atomic E-state index is 0.0121. The molecule has 11 nitrogen and oxygen atoms in total. The summed E-state index contributed by atoms with van der Waals surface area (Å²) in [5.41, 5.74) is 2.42. The molecule has 0 unspecified atom stereocenters. The smallest absolute Gasteiger partial charge is 0.326 e. The molecular weight excluding hydrogens is 510 g/mol. The van der Waals surface area contributed by atoms with Gasteiger partial charge in [-0.1, -0.05) is 24.3 Å². The van der Waals surface area contributed by atoms with E-state index in [9.17, 15) is 19.5 Å². The average Bonchev–Trinajstić information content (AvgIpc) is 3.30. The highest BCUT2D eigenvalue weighted by molar-refractivity contribution is 5.97. The van der Waals surface area contributed by atoms with E-state index in [0.29, 0.717) is 38.9 Å². The minimum atomic E-state index is -0.594. The number of benzene rings is 2. The number of para-hydroxylation sites is 2. The Bertz CT molecular complexity index is 1350. The minimum Gasteiger partial charge on any atom is -0.508 e. The molecular formula is C29H39N7O4. The summed E-state index contributed by atoms with van der Waals surface area (Å²) in [6.07, 6.45) is 1.65. The van der Waals surface area contributed by atoms with E-state index >= 15 is 0 Å². The lowest BCUT2D eigenvalue weighted by molar-refractivity contribution is -0.122. The lowest BCUT2D eigenvalue weighted by Crippen LogP contribution is -2.54. The van der Waals surface area contributed by atoms with Crippen molar-refractivity contribution in [2.45, 2.75) is 31.3 Å². The van der Waals surface area contributed by atoms with Gasteiger partial charge in [0.25, 0.3) is 0 Å².